The Hall–Kier alpha value is -3.29. The number of rotatable bonds is 7. The largest absolute Gasteiger partial charge is 0.497 e. The Balaban J connectivity index is 1.65. The second-order valence-electron chi connectivity index (χ2n) is 5.96. The number of para-hydroxylation sites is 1. The summed E-state index contributed by atoms with van der Waals surface area (Å²) in [7, 11) is 1.61. The summed E-state index contributed by atoms with van der Waals surface area (Å²) < 4.78 is 44.5. The molecule has 0 radical (unpaired) electrons. The first kappa shape index (κ1) is 19.5. The molecule has 2 aromatic carbocycles. The van der Waals surface area contributed by atoms with E-state index >= 15 is 0 Å². The zero-order chi connectivity index (χ0) is 20.0. The van der Waals surface area contributed by atoms with Gasteiger partial charge in [0, 0.05) is 12.7 Å². The molecular formula is C20H19F3N4O. The van der Waals surface area contributed by atoms with Crippen LogP contribution in [0.5, 0.6) is 5.75 Å². The van der Waals surface area contributed by atoms with Crippen molar-refractivity contribution in [3.8, 4) is 5.75 Å². The normalized spacial score (nSPS) is 11.1. The van der Waals surface area contributed by atoms with Crippen molar-refractivity contribution in [1.29, 1.82) is 0 Å². The highest BCUT2D eigenvalue weighted by atomic mass is 19.4. The van der Waals surface area contributed by atoms with Crippen molar-refractivity contribution in [1.82, 2.24) is 9.97 Å². The Labute approximate surface area is 160 Å². The molecule has 0 saturated heterocycles. The van der Waals surface area contributed by atoms with E-state index in [1.54, 1.807) is 7.11 Å². The number of nitrogens with zero attached hydrogens (tertiary/aromatic N) is 2. The number of alkyl halides is 3. The summed E-state index contributed by atoms with van der Waals surface area (Å²) in [5.41, 5.74) is 0.275. The molecule has 1 aromatic heterocycles. The molecule has 0 amide bonds. The van der Waals surface area contributed by atoms with Crippen LogP contribution in [0, 0.1) is 0 Å². The van der Waals surface area contributed by atoms with Gasteiger partial charge in [-0.05, 0) is 42.3 Å². The summed E-state index contributed by atoms with van der Waals surface area (Å²) in [6.45, 7) is 0.565. The van der Waals surface area contributed by atoms with Crippen LogP contribution in [0.3, 0.4) is 0 Å². The Kier molecular flexibility index (Phi) is 5.98. The zero-order valence-electron chi connectivity index (χ0n) is 15.1. The topological polar surface area (TPSA) is 59.1 Å². The van der Waals surface area contributed by atoms with Gasteiger partial charge in [-0.1, -0.05) is 24.3 Å². The van der Waals surface area contributed by atoms with Crippen molar-refractivity contribution in [2.75, 3.05) is 24.3 Å². The molecule has 0 bridgehead atoms. The van der Waals surface area contributed by atoms with Gasteiger partial charge in [0.05, 0.1) is 18.4 Å². The molecule has 0 fully saturated rings. The molecule has 28 heavy (non-hydrogen) atoms. The molecule has 3 rings (SSSR count). The molecule has 0 aliphatic rings. The molecule has 5 nitrogen and oxygen atoms in total. The Morgan fingerprint density at radius 1 is 1.04 bits per heavy atom. The molecule has 0 aliphatic carbocycles. The smallest absolute Gasteiger partial charge is 0.418 e. The summed E-state index contributed by atoms with van der Waals surface area (Å²) >= 11 is 0. The predicted molar refractivity (Wildman–Crippen MR) is 102 cm³/mol. The second kappa shape index (κ2) is 8.60. The first-order valence-electron chi connectivity index (χ1n) is 8.59. The standard InChI is InChI=1S/C20H19F3N4O/c1-28-15-6-4-5-14(13-15)9-11-24-19-25-12-10-18(27-19)26-17-8-3-2-7-16(17)20(21,22)23/h2-8,10,12-13H,9,11H2,1H3,(H2,24,25,26,27). The van der Waals surface area contributed by atoms with Crippen LogP contribution < -0.4 is 15.4 Å². The molecule has 0 atom stereocenters. The van der Waals surface area contributed by atoms with Crippen LogP contribution >= 0.6 is 0 Å². The van der Waals surface area contributed by atoms with Crippen molar-refractivity contribution < 1.29 is 17.9 Å². The number of anilines is 3. The summed E-state index contributed by atoms with van der Waals surface area (Å²) in [4.78, 5) is 8.34. The number of halogens is 3. The van der Waals surface area contributed by atoms with Crippen LogP contribution in [0.4, 0.5) is 30.6 Å². The van der Waals surface area contributed by atoms with Crippen molar-refractivity contribution in [2.24, 2.45) is 0 Å². The Bertz CT molecular complexity index is 931. The van der Waals surface area contributed by atoms with Crippen LogP contribution in [0.2, 0.25) is 0 Å². The van der Waals surface area contributed by atoms with E-state index in [9.17, 15) is 13.2 Å². The number of benzene rings is 2. The van der Waals surface area contributed by atoms with Gasteiger partial charge in [0.15, 0.2) is 0 Å². The molecule has 1 heterocycles. The number of hydrogen-bond donors (Lipinski definition) is 2. The third kappa shape index (κ3) is 5.12. The van der Waals surface area contributed by atoms with Crippen molar-refractivity contribution in [3.05, 3.63) is 71.9 Å². The van der Waals surface area contributed by atoms with E-state index in [-0.39, 0.29) is 11.5 Å². The predicted octanol–water partition coefficient (Wildman–Crippen LogP) is 4.90. The van der Waals surface area contributed by atoms with E-state index in [2.05, 4.69) is 20.6 Å². The van der Waals surface area contributed by atoms with Crippen LogP contribution in [0.1, 0.15) is 11.1 Å². The molecule has 0 unspecified atom stereocenters. The molecule has 2 N–H and O–H groups in total. The highest BCUT2D eigenvalue weighted by Crippen LogP contribution is 2.35. The second-order valence-corrected chi connectivity index (χ2v) is 5.96. The van der Waals surface area contributed by atoms with Gasteiger partial charge in [-0.15, -0.1) is 0 Å². The fraction of sp³-hybridized carbons (Fsp3) is 0.200. The van der Waals surface area contributed by atoms with Crippen LogP contribution in [-0.4, -0.2) is 23.6 Å². The number of hydrogen-bond acceptors (Lipinski definition) is 5. The fourth-order valence-corrected chi connectivity index (χ4v) is 2.64. The molecule has 146 valence electrons. The molecule has 3 aromatic rings. The maximum absolute atomic E-state index is 13.1. The Morgan fingerprint density at radius 2 is 1.86 bits per heavy atom. The lowest BCUT2D eigenvalue weighted by molar-refractivity contribution is -0.136. The van der Waals surface area contributed by atoms with Crippen LogP contribution in [0.15, 0.2) is 60.8 Å². The van der Waals surface area contributed by atoms with Crippen molar-refractivity contribution in [2.45, 2.75) is 12.6 Å². The number of methoxy groups -OCH3 is 1. The summed E-state index contributed by atoms with van der Waals surface area (Å²) in [5.74, 6) is 1.39. The lowest BCUT2D eigenvalue weighted by atomic mass is 10.1. The average molecular weight is 388 g/mol. The SMILES string of the molecule is COc1cccc(CCNc2nccc(Nc3ccccc3C(F)(F)F)n2)c1. The number of ether oxygens (including phenoxy) is 1. The van der Waals surface area contributed by atoms with E-state index in [1.165, 1.54) is 30.5 Å². The summed E-state index contributed by atoms with van der Waals surface area (Å²) in [6.07, 6.45) is -2.25. The minimum Gasteiger partial charge on any atom is -0.497 e. The van der Waals surface area contributed by atoms with Gasteiger partial charge in [0.2, 0.25) is 5.95 Å². The summed E-state index contributed by atoms with van der Waals surface area (Å²) in [6, 6.07) is 14.5. The fourth-order valence-electron chi connectivity index (χ4n) is 2.64. The Morgan fingerprint density at radius 3 is 2.64 bits per heavy atom. The molecule has 0 aliphatic heterocycles. The highest BCUT2D eigenvalue weighted by Gasteiger charge is 2.33. The van der Waals surface area contributed by atoms with Gasteiger partial charge in [-0.3, -0.25) is 0 Å². The van der Waals surface area contributed by atoms with E-state index < -0.39 is 11.7 Å². The third-order valence-corrected chi connectivity index (χ3v) is 3.98. The zero-order valence-corrected chi connectivity index (χ0v) is 15.1. The van der Waals surface area contributed by atoms with Crippen LogP contribution in [0.25, 0.3) is 0 Å². The quantitative estimate of drug-likeness (QED) is 0.603. The van der Waals surface area contributed by atoms with Crippen LogP contribution in [-0.2, 0) is 12.6 Å². The lowest BCUT2D eigenvalue weighted by Crippen LogP contribution is -2.11. The van der Waals surface area contributed by atoms with E-state index in [4.69, 9.17) is 4.74 Å². The molecule has 0 spiro atoms. The van der Waals surface area contributed by atoms with Gasteiger partial charge >= 0.3 is 6.18 Å². The van der Waals surface area contributed by atoms with Crippen molar-refractivity contribution >= 4 is 17.5 Å². The minimum atomic E-state index is -4.45. The first-order chi connectivity index (χ1) is 13.5. The van der Waals surface area contributed by atoms with E-state index in [0.29, 0.717) is 12.5 Å². The maximum atomic E-state index is 13.1. The minimum absolute atomic E-state index is 0.0592. The lowest BCUT2D eigenvalue weighted by Gasteiger charge is -2.14. The van der Waals surface area contributed by atoms with Gasteiger partial charge < -0.3 is 15.4 Å². The monoisotopic (exact) mass is 388 g/mol. The average Bonchev–Trinajstić information content (AvgIpc) is 2.68. The number of aromatic nitrogens is 2. The summed E-state index contributed by atoms with van der Waals surface area (Å²) in [5, 5.41) is 5.79. The third-order valence-electron chi connectivity index (χ3n) is 3.98. The van der Waals surface area contributed by atoms with Gasteiger partial charge in [0.1, 0.15) is 11.6 Å². The van der Waals surface area contributed by atoms with Gasteiger partial charge in [-0.2, -0.15) is 18.2 Å². The molecular weight excluding hydrogens is 369 g/mol. The molecule has 0 saturated carbocycles. The molecule has 8 heteroatoms. The highest BCUT2D eigenvalue weighted by molar-refractivity contribution is 5.61. The first-order valence-corrected chi connectivity index (χ1v) is 8.59. The van der Waals surface area contributed by atoms with E-state index in [0.717, 1.165) is 23.8 Å². The van der Waals surface area contributed by atoms with Crippen molar-refractivity contribution in [3.63, 3.8) is 0 Å². The maximum Gasteiger partial charge on any atom is 0.418 e. The van der Waals surface area contributed by atoms with E-state index in [1.807, 2.05) is 24.3 Å². The van der Waals surface area contributed by atoms with Gasteiger partial charge in [-0.25, -0.2) is 4.98 Å². The van der Waals surface area contributed by atoms with Gasteiger partial charge in [0.25, 0.3) is 0 Å². The number of nitrogens with one attached hydrogen (secondary N) is 2.